The highest BCUT2D eigenvalue weighted by molar-refractivity contribution is 6.37. The van der Waals surface area contributed by atoms with Gasteiger partial charge in [-0.3, -0.25) is 14.9 Å². The summed E-state index contributed by atoms with van der Waals surface area (Å²) in [6.45, 7) is 0. The van der Waals surface area contributed by atoms with Gasteiger partial charge in [-0.1, -0.05) is 0 Å². The second-order valence-corrected chi connectivity index (χ2v) is 3.09. The number of rotatable bonds is 3. The Kier molecular flexibility index (Phi) is 4.19. The number of carbonyl (C=O) groups excluding carboxylic acids is 2. The first-order valence-electron chi connectivity index (χ1n) is 4.71. The first kappa shape index (κ1) is 13.4. The fraction of sp³-hybridized carbons (Fsp3) is 0.200. The van der Waals surface area contributed by atoms with Crippen molar-refractivity contribution < 1.29 is 24.0 Å². The molecule has 96 valence electrons. The minimum atomic E-state index is -1.09. The largest absolute Gasteiger partial charge is 0.490 e. The van der Waals surface area contributed by atoms with Gasteiger partial charge in [0.05, 0.1) is 19.1 Å². The highest BCUT2D eigenvalue weighted by Crippen LogP contribution is 2.29. The van der Waals surface area contributed by atoms with Gasteiger partial charge in [0.2, 0.25) is 0 Å². The molecule has 1 N–H and O–H groups in total. The molecule has 0 radical (unpaired) electrons. The minimum Gasteiger partial charge on any atom is -0.490 e. The van der Waals surface area contributed by atoms with Crippen LogP contribution in [0.1, 0.15) is 0 Å². The van der Waals surface area contributed by atoms with E-state index in [1.807, 2.05) is 0 Å². The molecule has 0 spiro atoms. The second kappa shape index (κ2) is 5.62. The lowest BCUT2D eigenvalue weighted by atomic mass is 10.2. The molecule has 0 aliphatic rings. The number of amides is 1. The average molecular weight is 254 g/mol. The van der Waals surface area contributed by atoms with Crippen LogP contribution in [-0.4, -0.2) is 31.0 Å². The van der Waals surface area contributed by atoms with Crippen molar-refractivity contribution in [1.29, 1.82) is 0 Å². The smallest absolute Gasteiger partial charge is 0.396 e. The van der Waals surface area contributed by atoms with Crippen molar-refractivity contribution in [2.75, 3.05) is 19.5 Å². The van der Waals surface area contributed by atoms with Crippen molar-refractivity contribution >= 4 is 23.3 Å². The zero-order valence-electron chi connectivity index (χ0n) is 9.63. The number of nitrogens with one attached hydrogen (secondary N) is 1. The summed E-state index contributed by atoms with van der Waals surface area (Å²) in [6.07, 6.45) is 0. The monoisotopic (exact) mass is 254 g/mol. The van der Waals surface area contributed by atoms with Crippen molar-refractivity contribution in [2.45, 2.75) is 0 Å². The lowest BCUT2D eigenvalue weighted by molar-refractivity contribution is -0.385. The average Bonchev–Trinajstić information content (AvgIpc) is 2.37. The first-order chi connectivity index (χ1) is 8.49. The van der Waals surface area contributed by atoms with Crippen LogP contribution in [0.15, 0.2) is 18.2 Å². The number of benzene rings is 1. The third-order valence-corrected chi connectivity index (χ3v) is 2.00. The van der Waals surface area contributed by atoms with Crippen molar-refractivity contribution in [2.24, 2.45) is 0 Å². The molecule has 0 unspecified atom stereocenters. The number of carbonyl (C=O) groups is 2. The molecule has 0 bridgehead atoms. The Morgan fingerprint density at radius 2 is 2.00 bits per heavy atom. The molecule has 0 saturated heterocycles. The van der Waals surface area contributed by atoms with E-state index in [0.717, 1.165) is 13.2 Å². The van der Waals surface area contributed by atoms with Crippen LogP contribution in [0.25, 0.3) is 0 Å². The van der Waals surface area contributed by atoms with Crippen LogP contribution in [0.4, 0.5) is 11.4 Å². The van der Waals surface area contributed by atoms with E-state index >= 15 is 0 Å². The van der Waals surface area contributed by atoms with Gasteiger partial charge in [-0.05, 0) is 12.1 Å². The molecule has 0 saturated carbocycles. The highest BCUT2D eigenvalue weighted by atomic mass is 16.6. The Morgan fingerprint density at radius 3 is 2.50 bits per heavy atom. The van der Waals surface area contributed by atoms with Crippen LogP contribution in [0.3, 0.4) is 0 Å². The van der Waals surface area contributed by atoms with Gasteiger partial charge in [0, 0.05) is 11.8 Å². The van der Waals surface area contributed by atoms with Crippen molar-refractivity contribution in [3.63, 3.8) is 0 Å². The summed E-state index contributed by atoms with van der Waals surface area (Å²) in [4.78, 5) is 32.1. The van der Waals surface area contributed by atoms with Gasteiger partial charge in [-0.2, -0.15) is 0 Å². The summed E-state index contributed by atoms with van der Waals surface area (Å²) in [6, 6.07) is 3.76. The van der Waals surface area contributed by atoms with Crippen molar-refractivity contribution in [3.05, 3.63) is 28.3 Å². The molecule has 1 aromatic carbocycles. The fourth-order valence-electron chi connectivity index (χ4n) is 1.19. The Morgan fingerprint density at radius 1 is 1.33 bits per heavy atom. The minimum absolute atomic E-state index is 0.0519. The van der Waals surface area contributed by atoms with Crippen LogP contribution in [0.2, 0.25) is 0 Å². The molecule has 0 fully saturated rings. The summed E-state index contributed by atoms with van der Waals surface area (Å²) >= 11 is 0. The van der Waals surface area contributed by atoms with Gasteiger partial charge in [-0.25, -0.2) is 4.79 Å². The Bertz CT molecular complexity index is 499. The molecule has 1 rings (SSSR count). The number of nitro benzene ring substituents is 1. The predicted octanol–water partition coefficient (Wildman–Crippen LogP) is 0.715. The van der Waals surface area contributed by atoms with Crippen LogP contribution in [0.5, 0.6) is 5.75 Å². The summed E-state index contributed by atoms with van der Waals surface area (Å²) in [7, 11) is 2.34. The molecule has 0 aliphatic heterocycles. The molecule has 1 aromatic rings. The summed E-state index contributed by atoms with van der Waals surface area (Å²) in [5.41, 5.74) is -0.224. The fourth-order valence-corrected chi connectivity index (χ4v) is 1.19. The number of hydrogen-bond acceptors (Lipinski definition) is 6. The normalized spacial score (nSPS) is 9.44. The van der Waals surface area contributed by atoms with Gasteiger partial charge in [-0.15, -0.1) is 0 Å². The molecule has 0 aromatic heterocycles. The van der Waals surface area contributed by atoms with Crippen molar-refractivity contribution in [1.82, 2.24) is 0 Å². The third-order valence-electron chi connectivity index (χ3n) is 2.00. The standard InChI is InChI=1S/C10H10N2O6/c1-17-8-4-3-6(5-7(8)12(15)16)11-9(13)10(14)18-2/h3-5H,1-2H3,(H,11,13). The SMILES string of the molecule is COC(=O)C(=O)Nc1ccc(OC)c([N+](=O)[O-])c1. The van der Waals surface area contributed by atoms with E-state index in [9.17, 15) is 19.7 Å². The number of ether oxygens (including phenoxy) is 2. The Balaban J connectivity index is 2.99. The molecule has 0 aliphatic carbocycles. The molecule has 0 atom stereocenters. The molecule has 8 heteroatoms. The van der Waals surface area contributed by atoms with Gasteiger partial charge in [0.1, 0.15) is 0 Å². The van der Waals surface area contributed by atoms with E-state index in [1.54, 1.807) is 0 Å². The predicted molar refractivity (Wildman–Crippen MR) is 60.3 cm³/mol. The van der Waals surface area contributed by atoms with Crippen LogP contribution < -0.4 is 10.1 Å². The molecular weight excluding hydrogens is 244 g/mol. The number of anilines is 1. The maximum absolute atomic E-state index is 11.2. The van der Waals surface area contributed by atoms with E-state index in [0.29, 0.717) is 0 Å². The molecule has 1 amide bonds. The number of esters is 1. The van der Waals surface area contributed by atoms with Gasteiger partial charge in [0.25, 0.3) is 0 Å². The number of nitrogens with zero attached hydrogens (tertiary/aromatic N) is 1. The summed E-state index contributed by atoms with van der Waals surface area (Å²) in [5.74, 6) is -2.05. The van der Waals surface area contributed by atoms with Crippen LogP contribution in [0, 0.1) is 10.1 Å². The first-order valence-corrected chi connectivity index (χ1v) is 4.71. The maximum Gasteiger partial charge on any atom is 0.396 e. The zero-order chi connectivity index (χ0) is 13.7. The van der Waals surface area contributed by atoms with E-state index in [4.69, 9.17) is 4.74 Å². The van der Waals surface area contributed by atoms with E-state index in [2.05, 4.69) is 10.1 Å². The van der Waals surface area contributed by atoms with Crippen molar-refractivity contribution in [3.8, 4) is 5.75 Å². The van der Waals surface area contributed by atoms with Gasteiger partial charge in [0.15, 0.2) is 5.75 Å². The topological polar surface area (TPSA) is 108 Å². The lowest BCUT2D eigenvalue weighted by Crippen LogP contribution is -2.23. The molecule has 8 nitrogen and oxygen atoms in total. The second-order valence-electron chi connectivity index (χ2n) is 3.09. The Labute approximate surface area is 102 Å². The van der Waals surface area contributed by atoms with Gasteiger partial charge < -0.3 is 14.8 Å². The highest BCUT2D eigenvalue weighted by Gasteiger charge is 2.18. The van der Waals surface area contributed by atoms with E-state index < -0.39 is 16.8 Å². The molecular formula is C10H10N2O6. The number of methoxy groups -OCH3 is 2. The third kappa shape index (κ3) is 2.94. The molecule has 0 heterocycles. The number of hydrogen-bond donors (Lipinski definition) is 1. The van der Waals surface area contributed by atoms with Gasteiger partial charge >= 0.3 is 17.6 Å². The zero-order valence-corrected chi connectivity index (χ0v) is 9.63. The summed E-state index contributed by atoms with van der Waals surface area (Å²) in [5, 5.41) is 12.9. The maximum atomic E-state index is 11.2. The van der Waals surface area contributed by atoms with Crippen LogP contribution >= 0.6 is 0 Å². The van der Waals surface area contributed by atoms with E-state index in [1.165, 1.54) is 19.2 Å². The Hall–Kier alpha value is -2.64. The quantitative estimate of drug-likeness (QED) is 0.368. The lowest BCUT2D eigenvalue weighted by Gasteiger charge is -2.05. The number of nitro groups is 1. The summed E-state index contributed by atoms with van der Waals surface area (Å²) < 4.78 is 8.99. The van der Waals surface area contributed by atoms with Crippen LogP contribution in [-0.2, 0) is 14.3 Å². The van der Waals surface area contributed by atoms with E-state index in [-0.39, 0.29) is 17.1 Å². The molecule has 18 heavy (non-hydrogen) atoms.